The minimum atomic E-state index is 0. The molecule has 0 atom stereocenters. The van der Waals surface area contributed by atoms with Gasteiger partial charge < -0.3 is 15.2 Å². The minimum Gasteiger partial charge on any atom is -0.357 e. The third kappa shape index (κ3) is 7.33. The van der Waals surface area contributed by atoms with E-state index in [1.165, 1.54) is 11.1 Å². The standard InChI is InChI=1S/C18H27N5.HI/c1-4-20-18(21-11-15(2)3)22-12-16-6-5-7-17(10-16)13-23-9-8-19-14-23;/h5-10,14-15H,4,11-13H2,1-3H3,(H2,20,21,22);1H. The number of nitrogens with one attached hydrogen (secondary N) is 2. The third-order valence-corrected chi connectivity index (χ3v) is 3.36. The summed E-state index contributed by atoms with van der Waals surface area (Å²) in [6.45, 7) is 9.76. The molecule has 0 aliphatic carbocycles. The minimum absolute atomic E-state index is 0. The zero-order valence-electron chi connectivity index (χ0n) is 14.7. The summed E-state index contributed by atoms with van der Waals surface area (Å²) in [7, 11) is 0. The number of hydrogen-bond acceptors (Lipinski definition) is 2. The molecule has 0 spiro atoms. The van der Waals surface area contributed by atoms with Gasteiger partial charge in [-0.2, -0.15) is 0 Å². The van der Waals surface area contributed by atoms with E-state index in [9.17, 15) is 0 Å². The van der Waals surface area contributed by atoms with Crippen LogP contribution in [0.3, 0.4) is 0 Å². The summed E-state index contributed by atoms with van der Waals surface area (Å²) in [5.74, 6) is 1.47. The van der Waals surface area contributed by atoms with Crippen LogP contribution in [0.25, 0.3) is 0 Å². The van der Waals surface area contributed by atoms with Crippen molar-refractivity contribution in [3.05, 3.63) is 54.1 Å². The molecule has 2 N–H and O–H groups in total. The van der Waals surface area contributed by atoms with Crippen molar-refractivity contribution < 1.29 is 0 Å². The first-order chi connectivity index (χ1) is 11.2. The van der Waals surface area contributed by atoms with Gasteiger partial charge in [0.15, 0.2) is 5.96 Å². The molecule has 6 heteroatoms. The molecular weight excluding hydrogens is 413 g/mol. The highest BCUT2D eigenvalue weighted by molar-refractivity contribution is 14.0. The van der Waals surface area contributed by atoms with Crippen molar-refractivity contribution in [3.8, 4) is 0 Å². The normalized spacial score (nSPS) is 11.2. The second-order valence-electron chi connectivity index (χ2n) is 6.02. The van der Waals surface area contributed by atoms with Crippen molar-refractivity contribution in [1.82, 2.24) is 20.2 Å². The van der Waals surface area contributed by atoms with Crippen LogP contribution in [0.2, 0.25) is 0 Å². The molecule has 132 valence electrons. The second kappa shape index (κ2) is 11.1. The van der Waals surface area contributed by atoms with Crippen LogP contribution in [-0.4, -0.2) is 28.6 Å². The lowest BCUT2D eigenvalue weighted by molar-refractivity contribution is 0.615. The van der Waals surface area contributed by atoms with Gasteiger partial charge in [0.25, 0.3) is 0 Å². The van der Waals surface area contributed by atoms with Gasteiger partial charge in [-0.1, -0.05) is 38.1 Å². The molecule has 1 heterocycles. The van der Waals surface area contributed by atoms with Crippen LogP contribution in [0, 0.1) is 5.92 Å². The number of aromatic nitrogens is 2. The zero-order chi connectivity index (χ0) is 16.5. The van der Waals surface area contributed by atoms with Crippen molar-refractivity contribution in [2.75, 3.05) is 13.1 Å². The number of rotatable bonds is 7. The zero-order valence-corrected chi connectivity index (χ0v) is 17.0. The van der Waals surface area contributed by atoms with Crippen LogP contribution in [0.15, 0.2) is 48.0 Å². The molecule has 0 amide bonds. The Bertz CT molecular complexity index is 608. The van der Waals surface area contributed by atoms with E-state index in [1.807, 2.05) is 12.5 Å². The highest BCUT2D eigenvalue weighted by Crippen LogP contribution is 2.08. The van der Waals surface area contributed by atoms with Crippen LogP contribution in [0.4, 0.5) is 0 Å². The monoisotopic (exact) mass is 441 g/mol. The summed E-state index contributed by atoms with van der Waals surface area (Å²) in [5, 5.41) is 6.65. The molecule has 0 fully saturated rings. The molecule has 5 nitrogen and oxygen atoms in total. The predicted octanol–water partition coefficient (Wildman–Crippen LogP) is 3.26. The van der Waals surface area contributed by atoms with Crippen LogP contribution >= 0.6 is 24.0 Å². The first-order valence-electron chi connectivity index (χ1n) is 8.23. The van der Waals surface area contributed by atoms with E-state index in [0.29, 0.717) is 12.5 Å². The van der Waals surface area contributed by atoms with Crippen molar-refractivity contribution in [3.63, 3.8) is 0 Å². The van der Waals surface area contributed by atoms with Crippen LogP contribution in [0.1, 0.15) is 31.9 Å². The Labute approximate surface area is 162 Å². The molecule has 0 aliphatic rings. The van der Waals surface area contributed by atoms with Crippen molar-refractivity contribution >= 4 is 29.9 Å². The third-order valence-electron chi connectivity index (χ3n) is 3.36. The molecule has 2 rings (SSSR count). The smallest absolute Gasteiger partial charge is 0.191 e. The molecule has 0 radical (unpaired) electrons. The largest absolute Gasteiger partial charge is 0.357 e. The number of guanidine groups is 1. The van der Waals surface area contributed by atoms with E-state index < -0.39 is 0 Å². The van der Waals surface area contributed by atoms with E-state index in [2.05, 4.69) is 70.2 Å². The number of nitrogens with zero attached hydrogens (tertiary/aromatic N) is 3. The average Bonchev–Trinajstić information content (AvgIpc) is 3.03. The second-order valence-corrected chi connectivity index (χ2v) is 6.02. The SMILES string of the molecule is CCNC(=NCc1cccc(Cn2ccnc2)c1)NCC(C)C.I. The van der Waals surface area contributed by atoms with E-state index in [0.717, 1.165) is 25.6 Å². The van der Waals surface area contributed by atoms with Gasteiger partial charge in [-0.25, -0.2) is 9.98 Å². The maximum atomic E-state index is 4.67. The maximum Gasteiger partial charge on any atom is 0.191 e. The molecule has 2 aromatic rings. The van der Waals surface area contributed by atoms with Crippen molar-refractivity contribution in [2.24, 2.45) is 10.9 Å². The Balaban J connectivity index is 0.00000288. The highest BCUT2D eigenvalue weighted by Gasteiger charge is 2.01. The maximum absolute atomic E-state index is 4.67. The van der Waals surface area contributed by atoms with Gasteiger partial charge in [0, 0.05) is 32.0 Å². The van der Waals surface area contributed by atoms with Crippen LogP contribution in [-0.2, 0) is 13.1 Å². The number of imidazole rings is 1. The average molecular weight is 441 g/mol. The van der Waals surface area contributed by atoms with E-state index in [1.54, 1.807) is 6.20 Å². The molecule has 1 aromatic carbocycles. The van der Waals surface area contributed by atoms with Gasteiger partial charge >= 0.3 is 0 Å². The fourth-order valence-corrected chi connectivity index (χ4v) is 2.23. The molecule has 24 heavy (non-hydrogen) atoms. The molecule has 0 unspecified atom stereocenters. The van der Waals surface area contributed by atoms with Crippen molar-refractivity contribution in [2.45, 2.75) is 33.9 Å². The summed E-state index contributed by atoms with van der Waals surface area (Å²) in [5.41, 5.74) is 2.47. The Hall–Kier alpha value is -1.57. The van der Waals surface area contributed by atoms with Crippen LogP contribution < -0.4 is 10.6 Å². The summed E-state index contributed by atoms with van der Waals surface area (Å²) in [4.78, 5) is 8.75. The summed E-state index contributed by atoms with van der Waals surface area (Å²) < 4.78 is 2.07. The molecule has 0 saturated heterocycles. The van der Waals surface area contributed by atoms with Gasteiger partial charge in [-0.05, 0) is 24.0 Å². The number of benzene rings is 1. The van der Waals surface area contributed by atoms with E-state index in [4.69, 9.17) is 0 Å². The molecule has 0 bridgehead atoms. The summed E-state index contributed by atoms with van der Waals surface area (Å²) in [6.07, 6.45) is 5.62. The van der Waals surface area contributed by atoms with E-state index >= 15 is 0 Å². The quantitative estimate of drug-likeness (QED) is 0.394. The fraction of sp³-hybridized carbons (Fsp3) is 0.444. The predicted molar refractivity (Wildman–Crippen MR) is 111 cm³/mol. The van der Waals surface area contributed by atoms with E-state index in [-0.39, 0.29) is 24.0 Å². The van der Waals surface area contributed by atoms with Gasteiger partial charge in [0.1, 0.15) is 0 Å². The Morgan fingerprint density at radius 3 is 2.71 bits per heavy atom. The number of hydrogen-bond donors (Lipinski definition) is 2. The fourth-order valence-electron chi connectivity index (χ4n) is 2.23. The van der Waals surface area contributed by atoms with Gasteiger partial charge in [-0.15, -0.1) is 24.0 Å². The summed E-state index contributed by atoms with van der Waals surface area (Å²) in [6, 6.07) is 8.55. The highest BCUT2D eigenvalue weighted by atomic mass is 127. The number of aliphatic imine (C=N–C) groups is 1. The molecule has 0 saturated carbocycles. The Kier molecular flexibility index (Phi) is 9.44. The lowest BCUT2D eigenvalue weighted by atomic mass is 10.1. The molecule has 0 aliphatic heterocycles. The topological polar surface area (TPSA) is 54.2 Å². The lowest BCUT2D eigenvalue weighted by Gasteiger charge is -2.13. The molecule has 1 aromatic heterocycles. The summed E-state index contributed by atoms with van der Waals surface area (Å²) >= 11 is 0. The number of halogens is 1. The van der Waals surface area contributed by atoms with Crippen LogP contribution in [0.5, 0.6) is 0 Å². The Morgan fingerprint density at radius 2 is 2.04 bits per heavy atom. The van der Waals surface area contributed by atoms with Crippen molar-refractivity contribution in [1.29, 1.82) is 0 Å². The van der Waals surface area contributed by atoms with Gasteiger partial charge in [-0.3, -0.25) is 0 Å². The van der Waals surface area contributed by atoms with Gasteiger partial charge in [0.2, 0.25) is 0 Å². The lowest BCUT2D eigenvalue weighted by Crippen LogP contribution is -2.39. The first-order valence-corrected chi connectivity index (χ1v) is 8.23. The first kappa shape index (κ1) is 20.5. The van der Waals surface area contributed by atoms with Gasteiger partial charge in [0.05, 0.1) is 12.9 Å². The molecular formula is C18H28IN5. The Morgan fingerprint density at radius 1 is 1.25 bits per heavy atom.